The van der Waals surface area contributed by atoms with E-state index in [-0.39, 0.29) is 5.41 Å². The summed E-state index contributed by atoms with van der Waals surface area (Å²) in [5.41, 5.74) is 5.98. The van der Waals surface area contributed by atoms with Crippen LogP contribution in [0.2, 0.25) is 0 Å². The van der Waals surface area contributed by atoms with Gasteiger partial charge in [-0.15, -0.1) is 0 Å². The van der Waals surface area contributed by atoms with Crippen molar-refractivity contribution < 1.29 is 4.74 Å². The van der Waals surface area contributed by atoms with Crippen molar-refractivity contribution in [3.8, 4) is 16.9 Å². The number of nitrogens with zero attached hydrogens (tertiary/aromatic N) is 3. The van der Waals surface area contributed by atoms with Gasteiger partial charge in [0.2, 0.25) is 5.72 Å². The predicted molar refractivity (Wildman–Crippen MR) is 152 cm³/mol. The molecule has 4 aromatic rings. The summed E-state index contributed by atoms with van der Waals surface area (Å²) < 4.78 is 7.04. The number of likely N-dealkylation sites (N-methyl/N-ethyl adjacent to an activating group) is 1. The van der Waals surface area contributed by atoms with Crippen molar-refractivity contribution in [3.05, 3.63) is 84.4 Å². The highest BCUT2D eigenvalue weighted by atomic mass is 16.5. The summed E-state index contributed by atoms with van der Waals surface area (Å²) in [5.74, 6) is 0.851. The molecule has 4 aromatic carbocycles. The van der Waals surface area contributed by atoms with E-state index in [1.54, 1.807) is 0 Å². The molecule has 0 saturated heterocycles. The first-order chi connectivity index (χ1) is 17.4. The molecule has 4 nitrogen and oxygen atoms in total. The maximum atomic E-state index is 7.04. The molecule has 2 aliphatic rings. The molecule has 0 aliphatic carbocycles. The van der Waals surface area contributed by atoms with Gasteiger partial charge in [0, 0.05) is 36.9 Å². The highest BCUT2D eigenvalue weighted by Gasteiger charge is 2.58. The molecule has 6 rings (SSSR count). The fraction of sp³-hybridized carbons (Fsp3) is 0.281. The Balaban J connectivity index is 1.49. The Morgan fingerprint density at radius 1 is 0.861 bits per heavy atom. The number of para-hydroxylation sites is 1. The Labute approximate surface area is 213 Å². The van der Waals surface area contributed by atoms with Gasteiger partial charge in [-0.2, -0.15) is 0 Å². The van der Waals surface area contributed by atoms with Gasteiger partial charge in [0.25, 0.3) is 0 Å². The van der Waals surface area contributed by atoms with E-state index in [9.17, 15) is 0 Å². The standard InChI is InChI=1S/C32H33N3O/c1-6-35(7-2)23-18-16-22(17-19-23)26-20-28-30(25-13-9-8-12-24(25)26)36-32(21-33-28)31(3,4)27-14-10-11-15-29(27)34(32)5/h8-21H,6-7H2,1-5H3. The molecule has 0 N–H and O–H groups in total. The van der Waals surface area contributed by atoms with Crippen LogP contribution in [0, 0.1) is 0 Å². The van der Waals surface area contributed by atoms with E-state index < -0.39 is 5.72 Å². The molecule has 2 aliphatic heterocycles. The van der Waals surface area contributed by atoms with Crippen LogP contribution < -0.4 is 14.5 Å². The van der Waals surface area contributed by atoms with Crippen LogP contribution in [0.3, 0.4) is 0 Å². The van der Waals surface area contributed by atoms with Gasteiger partial charge in [-0.1, -0.05) is 54.6 Å². The number of rotatable bonds is 4. The van der Waals surface area contributed by atoms with Gasteiger partial charge in [0.1, 0.15) is 5.69 Å². The number of ether oxygens (including phenoxy) is 1. The lowest BCUT2D eigenvalue weighted by atomic mass is 9.77. The van der Waals surface area contributed by atoms with Crippen molar-refractivity contribution in [2.75, 3.05) is 29.9 Å². The Hall–Kier alpha value is -3.79. The zero-order chi connectivity index (χ0) is 25.1. The molecule has 0 aromatic heterocycles. The average Bonchev–Trinajstić information content (AvgIpc) is 3.08. The van der Waals surface area contributed by atoms with Crippen LogP contribution in [-0.2, 0) is 5.41 Å². The van der Waals surface area contributed by atoms with Gasteiger partial charge >= 0.3 is 0 Å². The first kappa shape index (κ1) is 22.7. The molecule has 0 fully saturated rings. The molecule has 1 unspecified atom stereocenters. The first-order valence-corrected chi connectivity index (χ1v) is 12.9. The number of aliphatic imine (C=N–C) groups is 1. The topological polar surface area (TPSA) is 28.1 Å². The van der Waals surface area contributed by atoms with E-state index in [4.69, 9.17) is 9.73 Å². The number of fused-ring (bicyclic) bond motifs is 4. The van der Waals surface area contributed by atoms with Gasteiger partial charge in [-0.05, 0) is 74.0 Å². The second-order valence-electron chi connectivity index (χ2n) is 10.3. The summed E-state index contributed by atoms with van der Waals surface area (Å²) in [6.45, 7) is 10.9. The maximum Gasteiger partial charge on any atom is 0.228 e. The molecule has 0 saturated carbocycles. The zero-order valence-electron chi connectivity index (χ0n) is 21.7. The van der Waals surface area contributed by atoms with Crippen LogP contribution in [0.15, 0.2) is 83.9 Å². The molecular formula is C32H33N3O. The molecule has 182 valence electrons. The minimum Gasteiger partial charge on any atom is -0.459 e. The van der Waals surface area contributed by atoms with E-state index in [2.05, 4.69) is 123 Å². The normalized spacial score (nSPS) is 19.3. The summed E-state index contributed by atoms with van der Waals surface area (Å²) in [7, 11) is 2.11. The summed E-state index contributed by atoms with van der Waals surface area (Å²) in [6.07, 6.45) is 2.01. The zero-order valence-corrected chi connectivity index (χ0v) is 21.7. The second kappa shape index (κ2) is 8.12. The lowest BCUT2D eigenvalue weighted by Crippen LogP contribution is -2.61. The highest BCUT2D eigenvalue weighted by molar-refractivity contribution is 6.05. The maximum absolute atomic E-state index is 7.04. The lowest BCUT2D eigenvalue weighted by molar-refractivity contribution is 0.0842. The van der Waals surface area contributed by atoms with Crippen LogP contribution >= 0.6 is 0 Å². The molecule has 0 radical (unpaired) electrons. The molecule has 1 spiro atoms. The minimum absolute atomic E-state index is 0.278. The van der Waals surface area contributed by atoms with Gasteiger partial charge in [-0.3, -0.25) is 4.99 Å². The molecule has 1 atom stereocenters. The Bertz CT molecular complexity index is 1480. The Kier molecular flexibility index (Phi) is 5.11. The number of hydrogen-bond donors (Lipinski definition) is 0. The predicted octanol–water partition coefficient (Wildman–Crippen LogP) is 7.57. The quantitative estimate of drug-likeness (QED) is 0.305. The summed E-state index contributed by atoms with van der Waals surface area (Å²) in [4.78, 5) is 9.67. The third kappa shape index (κ3) is 3.03. The van der Waals surface area contributed by atoms with Crippen LogP contribution in [0.25, 0.3) is 21.9 Å². The molecule has 0 amide bonds. The summed E-state index contributed by atoms with van der Waals surface area (Å²) in [6, 6.07) is 28.2. The second-order valence-corrected chi connectivity index (χ2v) is 10.3. The molecular weight excluding hydrogens is 442 g/mol. The number of benzene rings is 4. The molecule has 4 heteroatoms. The Morgan fingerprint density at radius 3 is 2.22 bits per heavy atom. The van der Waals surface area contributed by atoms with Crippen molar-refractivity contribution >= 4 is 34.0 Å². The van der Waals surface area contributed by atoms with Gasteiger partial charge in [0.05, 0.1) is 11.6 Å². The smallest absolute Gasteiger partial charge is 0.228 e. The van der Waals surface area contributed by atoms with E-state index in [1.807, 2.05) is 6.21 Å². The van der Waals surface area contributed by atoms with E-state index >= 15 is 0 Å². The first-order valence-electron chi connectivity index (χ1n) is 12.9. The number of anilines is 2. The van der Waals surface area contributed by atoms with Crippen LogP contribution in [0.5, 0.6) is 5.75 Å². The van der Waals surface area contributed by atoms with Crippen molar-refractivity contribution in [2.45, 2.75) is 38.8 Å². The van der Waals surface area contributed by atoms with Gasteiger partial charge in [0.15, 0.2) is 5.75 Å². The monoisotopic (exact) mass is 475 g/mol. The number of hydrogen-bond acceptors (Lipinski definition) is 4. The van der Waals surface area contributed by atoms with Crippen molar-refractivity contribution in [1.82, 2.24) is 0 Å². The fourth-order valence-corrected chi connectivity index (χ4v) is 6.09. The van der Waals surface area contributed by atoms with Crippen molar-refractivity contribution in [2.24, 2.45) is 4.99 Å². The van der Waals surface area contributed by atoms with Gasteiger partial charge in [-0.25, -0.2) is 0 Å². The lowest BCUT2D eigenvalue weighted by Gasteiger charge is -2.45. The molecule has 0 bridgehead atoms. The van der Waals surface area contributed by atoms with Crippen molar-refractivity contribution in [3.63, 3.8) is 0 Å². The average molecular weight is 476 g/mol. The van der Waals surface area contributed by atoms with Crippen LogP contribution in [-0.4, -0.2) is 32.1 Å². The highest BCUT2D eigenvalue weighted by Crippen LogP contribution is 2.55. The largest absolute Gasteiger partial charge is 0.459 e. The minimum atomic E-state index is -0.695. The SMILES string of the molecule is CCN(CC)c1ccc(-c2cc3c(c4ccccc24)OC2(C=N3)N(C)c3ccccc3C2(C)C)cc1. The summed E-state index contributed by atoms with van der Waals surface area (Å²) >= 11 is 0. The third-order valence-electron chi connectivity index (χ3n) is 8.25. The van der Waals surface area contributed by atoms with E-state index in [0.29, 0.717) is 0 Å². The van der Waals surface area contributed by atoms with Crippen LogP contribution in [0.4, 0.5) is 17.1 Å². The van der Waals surface area contributed by atoms with Crippen molar-refractivity contribution in [1.29, 1.82) is 0 Å². The fourth-order valence-electron chi connectivity index (χ4n) is 6.09. The Morgan fingerprint density at radius 2 is 1.53 bits per heavy atom. The van der Waals surface area contributed by atoms with E-state index in [0.717, 1.165) is 29.9 Å². The molecule has 36 heavy (non-hydrogen) atoms. The third-order valence-corrected chi connectivity index (χ3v) is 8.25. The molecule has 2 heterocycles. The van der Waals surface area contributed by atoms with Crippen LogP contribution in [0.1, 0.15) is 33.3 Å². The summed E-state index contributed by atoms with van der Waals surface area (Å²) in [5, 5.41) is 2.27. The van der Waals surface area contributed by atoms with Gasteiger partial charge < -0.3 is 14.5 Å². The van der Waals surface area contributed by atoms with E-state index in [1.165, 1.54) is 33.5 Å².